The van der Waals surface area contributed by atoms with E-state index in [-0.39, 0.29) is 11.8 Å². The molecule has 1 N–H and O–H groups in total. The summed E-state index contributed by atoms with van der Waals surface area (Å²) in [5.41, 5.74) is 2.52. The number of morpholine rings is 1. The first-order chi connectivity index (χ1) is 15.3. The Balaban J connectivity index is 1.35. The highest BCUT2D eigenvalue weighted by Gasteiger charge is 2.32. The monoisotopic (exact) mass is 422 g/mol. The van der Waals surface area contributed by atoms with E-state index in [1.165, 1.54) is 11.1 Å². The Morgan fingerprint density at radius 2 is 1.77 bits per heavy atom. The number of ether oxygens (including phenoxy) is 1. The van der Waals surface area contributed by atoms with Crippen LogP contribution < -0.4 is 5.32 Å². The molecule has 1 amide bonds. The average Bonchev–Trinajstić information content (AvgIpc) is 2.81. The maximum atomic E-state index is 13.0. The van der Waals surface area contributed by atoms with Gasteiger partial charge in [-0.1, -0.05) is 30.3 Å². The molecule has 6 nitrogen and oxygen atoms in total. The number of piperidine rings is 1. The van der Waals surface area contributed by atoms with Gasteiger partial charge in [-0.3, -0.25) is 19.6 Å². The number of nitrogens with one attached hydrogen (secondary N) is 1. The minimum Gasteiger partial charge on any atom is -0.379 e. The van der Waals surface area contributed by atoms with Crippen LogP contribution in [0.25, 0.3) is 0 Å². The van der Waals surface area contributed by atoms with Crippen molar-refractivity contribution in [2.24, 2.45) is 11.8 Å². The zero-order chi connectivity index (χ0) is 21.3. The zero-order valence-electron chi connectivity index (χ0n) is 18.3. The largest absolute Gasteiger partial charge is 0.379 e. The molecule has 2 aliphatic rings. The molecular weight excluding hydrogens is 388 g/mol. The SMILES string of the molecule is O=C(NCCc1ccccc1)[C@@H]1C[C@H](CN2CCOCC2)CN(Cc2ccncc2)C1. The maximum Gasteiger partial charge on any atom is 0.224 e. The highest BCUT2D eigenvalue weighted by molar-refractivity contribution is 5.79. The molecule has 2 aliphatic heterocycles. The number of likely N-dealkylation sites (tertiary alicyclic amines) is 1. The number of hydrogen-bond acceptors (Lipinski definition) is 5. The van der Waals surface area contributed by atoms with Gasteiger partial charge in [-0.25, -0.2) is 0 Å². The molecule has 2 fully saturated rings. The van der Waals surface area contributed by atoms with E-state index >= 15 is 0 Å². The van der Waals surface area contributed by atoms with Gasteiger partial charge in [0.1, 0.15) is 0 Å². The van der Waals surface area contributed by atoms with Crippen LogP contribution >= 0.6 is 0 Å². The molecule has 2 saturated heterocycles. The summed E-state index contributed by atoms with van der Waals surface area (Å²) in [7, 11) is 0. The van der Waals surface area contributed by atoms with Crippen LogP contribution in [-0.2, 0) is 22.5 Å². The third kappa shape index (κ3) is 6.86. The molecule has 0 aliphatic carbocycles. The zero-order valence-corrected chi connectivity index (χ0v) is 18.3. The molecule has 2 atom stereocenters. The van der Waals surface area contributed by atoms with Gasteiger partial charge in [0.2, 0.25) is 5.91 Å². The average molecular weight is 423 g/mol. The van der Waals surface area contributed by atoms with Crippen molar-refractivity contribution in [3.63, 3.8) is 0 Å². The van der Waals surface area contributed by atoms with Gasteiger partial charge in [-0.2, -0.15) is 0 Å². The van der Waals surface area contributed by atoms with Crippen LogP contribution in [0.1, 0.15) is 17.5 Å². The first-order valence-electron chi connectivity index (χ1n) is 11.5. The molecule has 0 saturated carbocycles. The molecule has 0 radical (unpaired) electrons. The Hall–Kier alpha value is -2.28. The van der Waals surface area contributed by atoms with E-state index < -0.39 is 0 Å². The lowest BCUT2D eigenvalue weighted by Crippen LogP contribution is -2.50. The van der Waals surface area contributed by atoms with Gasteiger partial charge in [-0.05, 0) is 42.0 Å². The fourth-order valence-corrected chi connectivity index (χ4v) is 4.77. The molecular formula is C25H34N4O2. The summed E-state index contributed by atoms with van der Waals surface area (Å²) in [4.78, 5) is 22.1. The summed E-state index contributed by atoms with van der Waals surface area (Å²) in [6.07, 6.45) is 5.52. The van der Waals surface area contributed by atoms with Crippen molar-refractivity contribution in [3.8, 4) is 0 Å². The summed E-state index contributed by atoms with van der Waals surface area (Å²) in [6.45, 7) is 8.08. The van der Waals surface area contributed by atoms with Crippen molar-refractivity contribution < 1.29 is 9.53 Å². The second kappa shape index (κ2) is 11.4. The number of carbonyl (C=O) groups is 1. The highest BCUT2D eigenvalue weighted by Crippen LogP contribution is 2.25. The van der Waals surface area contributed by atoms with E-state index in [9.17, 15) is 4.79 Å². The molecule has 6 heteroatoms. The smallest absolute Gasteiger partial charge is 0.224 e. The van der Waals surface area contributed by atoms with Gasteiger partial charge in [0.25, 0.3) is 0 Å². The van der Waals surface area contributed by atoms with Crippen molar-refractivity contribution >= 4 is 5.91 Å². The van der Waals surface area contributed by atoms with E-state index in [1.54, 1.807) is 0 Å². The van der Waals surface area contributed by atoms with E-state index in [0.29, 0.717) is 12.5 Å². The number of carbonyl (C=O) groups excluding carboxylic acids is 1. The number of nitrogens with zero attached hydrogens (tertiary/aromatic N) is 3. The first-order valence-corrected chi connectivity index (χ1v) is 11.5. The van der Waals surface area contributed by atoms with Crippen LogP contribution in [0.3, 0.4) is 0 Å². The predicted molar refractivity (Wildman–Crippen MR) is 122 cm³/mol. The molecule has 4 rings (SSSR count). The minimum atomic E-state index is 0.0393. The van der Waals surface area contributed by atoms with Crippen LogP contribution in [0.2, 0.25) is 0 Å². The van der Waals surface area contributed by atoms with Gasteiger partial charge in [0.05, 0.1) is 19.1 Å². The Morgan fingerprint density at radius 3 is 2.55 bits per heavy atom. The molecule has 0 unspecified atom stereocenters. The van der Waals surface area contributed by atoms with Crippen molar-refractivity contribution in [1.29, 1.82) is 0 Å². The second-order valence-electron chi connectivity index (χ2n) is 8.79. The van der Waals surface area contributed by atoms with Crippen molar-refractivity contribution in [1.82, 2.24) is 20.1 Å². The Morgan fingerprint density at radius 1 is 1.00 bits per heavy atom. The molecule has 166 valence electrons. The van der Waals surface area contributed by atoms with Crippen LogP contribution in [0.15, 0.2) is 54.9 Å². The molecule has 2 aromatic rings. The van der Waals surface area contributed by atoms with Crippen molar-refractivity contribution in [2.45, 2.75) is 19.4 Å². The first kappa shape index (κ1) is 21.9. The van der Waals surface area contributed by atoms with E-state index in [1.807, 2.05) is 30.6 Å². The Kier molecular flexibility index (Phi) is 8.04. The third-order valence-electron chi connectivity index (χ3n) is 6.31. The second-order valence-corrected chi connectivity index (χ2v) is 8.79. The lowest BCUT2D eigenvalue weighted by atomic mass is 9.87. The molecule has 0 spiro atoms. The normalized spacial score (nSPS) is 22.8. The summed E-state index contributed by atoms with van der Waals surface area (Å²) in [5.74, 6) is 0.735. The quantitative estimate of drug-likeness (QED) is 0.707. The van der Waals surface area contributed by atoms with Crippen LogP contribution in [0.4, 0.5) is 0 Å². The maximum absolute atomic E-state index is 13.0. The summed E-state index contributed by atoms with van der Waals surface area (Å²) in [5, 5.41) is 3.20. The van der Waals surface area contributed by atoms with Gasteiger partial charge in [-0.15, -0.1) is 0 Å². The number of aromatic nitrogens is 1. The minimum absolute atomic E-state index is 0.0393. The van der Waals surface area contributed by atoms with Crippen LogP contribution in [0, 0.1) is 11.8 Å². The van der Waals surface area contributed by atoms with Crippen molar-refractivity contribution in [3.05, 3.63) is 66.0 Å². The molecule has 0 bridgehead atoms. The number of amides is 1. The topological polar surface area (TPSA) is 57.7 Å². The number of pyridine rings is 1. The number of rotatable bonds is 8. The van der Waals surface area contributed by atoms with Gasteiger partial charge >= 0.3 is 0 Å². The van der Waals surface area contributed by atoms with Gasteiger partial charge in [0.15, 0.2) is 0 Å². The molecule has 3 heterocycles. The third-order valence-corrected chi connectivity index (χ3v) is 6.31. The lowest BCUT2D eigenvalue weighted by molar-refractivity contribution is -0.127. The predicted octanol–water partition coefficient (Wildman–Crippen LogP) is 2.21. The molecule has 1 aromatic carbocycles. The molecule has 1 aromatic heterocycles. The number of benzene rings is 1. The fraction of sp³-hybridized carbons (Fsp3) is 0.520. The van der Waals surface area contributed by atoms with Gasteiger partial charge in [0, 0.05) is 58.2 Å². The Bertz CT molecular complexity index is 796. The lowest BCUT2D eigenvalue weighted by Gasteiger charge is -2.40. The molecule has 31 heavy (non-hydrogen) atoms. The van der Waals surface area contributed by atoms with Crippen LogP contribution in [-0.4, -0.2) is 73.2 Å². The van der Waals surface area contributed by atoms with Gasteiger partial charge < -0.3 is 10.1 Å². The fourth-order valence-electron chi connectivity index (χ4n) is 4.77. The van der Waals surface area contributed by atoms with E-state index in [0.717, 1.165) is 65.3 Å². The van der Waals surface area contributed by atoms with Crippen LogP contribution in [0.5, 0.6) is 0 Å². The van der Waals surface area contributed by atoms with Crippen molar-refractivity contribution in [2.75, 3.05) is 52.5 Å². The number of hydrogen-bond donors (Lipinski definition) is 1. The highest BCUT2D eigenvalue weighted by atomic mass is 16.5. The summed E-state index contributed by atoms with van der Waals surface area (Å²) in [6, 6.07) is 14.5. The van der Waals surface area contributed by atoms with E-state index in [2.05, 4.69) is 44.4 Å². The van der Waals surface area contributed by atoms with E-state index in [4.69, 9.17) is 4.74 Å². The standard InChI is InChI=1S/C25H34N4O2/c30-25(27-11-8-21-4-2-1-3-5-21)24-16-23(18-28-12-14-31-15-13-28)19-29(20-24)17-22-6-9-26-10-7-22/h1-7,9-10,23-24H,8,11-20H2,(H,27,30)/t23-,24-/m1/s1. The summed E-state index contributed by atoms with van der Waals surface area (Å²) >= 11 is 0. The Labute approximate surface area is 185 Å². The summed E-state index contributed by atoms with van der Waals surface area (Å²) < 4.78 is 5.51.